The smallest absolute Gasteiger partial charge is 0.255 e. The van der Waals surface area contributed by atoms with Crippen molar-refractivity contribution in [3.05, 3.63) is 115 Å². The van der Waals surface area contributed by atoms with Gasteiger partial charge in [-0.05, 0) is 71.6 Å². The molecule has 0 spiro atoms. The summed E-state index contributed by atoms with van der Waals surface area (Å²) in [5, 5.41) is 11.9. The van der Waals surface area contributed by atoms with Crippen LogP contribution >= 0.6 is 0 Å². The van der Waals surface area contributed by atoms with Crippen LogP contribution in [-0.2, 0) is 16.3 Å². The van der Waals surface area contributed by atoms with E-state index in [0.29, 0.717) is 45.1 Å². The Balaban J connectivity index is 1.22. The number of H-pyrrole nitrogens is 2. The summed E-state index contributed by atoms with van der Waals surface area (Å²) in [5.74, 6) is -0.752. The molecule has 7 rings (SSSR count). The molecule has 0 aliphatic rings. The number of aryl methyl sites for hydroxylation is 1. The summed E-state index contributed by atoms with van der Waals surface area (Å²) >= 11 is 0. The summed E-state index contributed by atoms with van der Waals surface area (Å²) in [7, 11) is -3.20. The van der Waals surface area contributed by atoms with Gasteiger partial charge in [-0.15, -0.1) is 0 Å². The first kappa shape index (κ1) is 29.0. The van der Waals surface area contributed by atoms with E-state index >= 15 is 0 Å². The minimum Gasteiger partial charge on any atom is -0.338 e. The van der Waals surface area contributed by atoms with Crippen molar-refractivity contribution in [2.45, 2.75) is 6.42 Å². The van der Waals surface area contributed by atoms with Gasteiger partial charge in [0, 0.05) is 52.3 Å². The SMILES string of the molecule is CS(=O)(=O)CCc1cc(F)cc(-c2ccnc3[nH]c(-c4n[nH]c5ncc(-c6cncc(NC(=O)c7ccccc7)c6)cc45)cc23)c1. The van der Waals surface area contributed by atoms with Gasteiger partial charge in [-0.3, -0.25) is 14.9 Å². The Bertz CT molecular complexity index is 2370. The van der Waals surface area contributed by atoms with Crippen LogP contribution in [-0.4, -0.2) is 56.5 Å². The van der Waals surface area contributed by atoms with Gasteiger partial charge in [0.05, 0.1) is 23.3 Å². The highest BCUT2D eigenvalue weighted by Gasteiger charge is 2.17. The first-order chi connectivity index (χ1) is 22.2. The molecular weight excluding hydrogens is 605 g/mol. The standard InChI is InChI=1S/C34H26FN7O3S/c1-46(44,45)10-8-20-11-22(13-25(35)12-20)27-7-9-37-32-28(27)16-30(40-32)31-29-15-24(18-38-33(29)42-41-31)23-14-26(19-36-17-23)39-34(43)21-5-3-2-4-6-21/h2-7,9,11-19H,8,10H2,1H3,(H,37,40)(H,39,43)(H,38,41,42). The molecule has 0 atom stereocenters. The third kappa shape index (κ3) is 5.97. The van der Waals surface area contributed by atoms with Crippen LogP contribution < -0.4 is 5.32 Å². The second-order valence-electron chi connectivity index (χ2n) is 11.0. The summed E-state index contributed by atoms with van der Waals surface area (Å²) in [6.07, 6.45) is 8.00. The number of rotatable bonds is 8. The highest BCUT2D eigenvalue weighted by Crippen LogP contribution is 2.35. The molecule has 46 heavy (non-hydrogen) atoms. The number of pyridine rings is 3. The second-order valence-corrected chi connectivity index (χ2v) is 13.3. The number of sulfone groups is 1. The minimum atomic E-state index is -3.20. The van der Waals surface area contributed by atoms with Gasteiger partial charge in [-0.1, -0.05) is 24.3 Å². The fraction of sp³-hybridized carbons (Fsp3) is 0.0882. The molecule has 5 aromatic heterocycles. The lowest BCUT2D eigenvalue weighted by Crippen LogP contribution is -2.11. The maximum absolute atomic E-state index is 14.7. The van der Waals surface area contributed by atoms with Crippen LogP contribution in [0.25, 0.3) is 55.7 Å². The largest absolute Gasteiger partial charge is 0.338 e. The maximum Gasteiger partial charge on any atom is 0.255 e. The number of aromatic nitrogens is 6. The molecule has 0 bridgehead atoms. The number of nitrogens with zero attached hydrogens (tertiary/aromatic N) is 4. The van der Waals surface area contributed by atoms with E-state index in [1.807, 2.05) is 24.3 Å². The Hall–Kier alpha value is -5.75. The Kier molecular flexibility index (Phi) is 7.33. The Morgan fingerprint density at radius 1 is 0.870 bits per heavy atom. The second kappa shape index (κ2) is 11.6. The van der Waals surface area contributed by atoms with Crippen molar-refractivity contribution in [3.63, 3.8) is 0 Å². The molecule has 0 aliphatic heterocycles. The Morgan fingerprint density at radius 3 is 2.52 bits per heavy atom. The van der Waals surface area contributed by atoms with Gasteiger partial charge in [0.1, 0.15) is 27.0 Å². The Labute approximate surface area is 262 Å². The first-order valence-corrected chi connectivity index (χ1v) is 16.4. The molecule has 10 nitrogen and oxygen atoms in total. The lowest BCUT2D eigenvalue weighted by Gasteiger charge is -2.07. The predicted octanol–water partition coefficient (Wildman–Crippen LogP) is 6.21. The van der Waals surface area contributed by atoms with Gasteiger partial charge >= 0.3 is 0 Å². The molecule has 0 radical (unpaired) electrons. The van der Waals surface area contributed by atoms with Crippen molar-refractivity contribution in [3.8, 4) is 33.6 Å². The van der Waals surface area contributed by atoms with Gasteiger partial charge in [0.15, 0.2) is 5.65 Å². The molecule has 7 aromatic rings. The van der Waals surface area contributed by atoms with Crippen LogP contribution in [0, 0.1) is 5.82 Å². The number of benzene rings is 2. The number of halogens is 1. The van der Waals surface area contributed by atoms with E-state index in [9.17, 15) is 17.6 Å². The molecule has 5 heterocycles. The molecule has 0 saturated carbocycles. The van der Waals surface area contributed by atoms with Gasteiger partial charge in [-0.25, -0.2) is 22.8 Å². The van der Waals surface area contributed by atoms with E-state index in [-0.39, 0.29) is 18.1 Å². The van der Waals surface area contributed by atoms with Crippen LogP contribution in [0.5, 0.6) is 0 Å². The maximum atomic E-state index is 14.7. The number of fused-ring (bicyclic) bond motifs is 2. The number of hydrogen-bond acceptors (Lipinski definition) is 7. The predicted molar refractivity (Wildman–Crippen MR) is 175 cm³/mol. The molecule has 0 saturated heterocycles. The average molecular weight is 632 g/mol. The van der Waals surface area contributed by atoms with E-state index in [4.69, 9.17) is 0 Å². The molecule has 1 amide bonds. The topological polar surface area (TPSA) is 146 Å². The lowest BCUT2D eigenvalue weighted by molar-refractivity contribution is 0.102. The number of aromatic amines is 2. The van der Waals surface area contributed by atoms with Crippen molar-refractivity contribution >= 4 is 43.5 Å². The van der Waals surface area contributed by atoms with E-state index in [1.165, 1.54) is 18.4 Å². The third-order valence-electron chi connectivity index (χ3n) is 7.60. The first-order valence-electron chi connectivity index (χ1n) is 14.3. The van der Waals surface area contributed by atoms with Gasteiger partial charge in [-0.2, -0.15) is 5.10 Å². The molecular formula is C34H26FN7O3S. The number of anilines is 1. The number of nitrogens with one attached hydrogen (secondary N) is 3. The Morgan fingerprint density at radius 2 is 1.70 bits per heavy atom. The summed E-state index contributed by atoms with van der Waals surface area (Å²) in [4.78, 5) is 29.4. The molecule has 12 heteroatoms. The summed E-state index contributed by atoms with van der Waals surface area (Å²) in [6.45, 7) is 0. The van der Waals surface area contributed by atoms with Crippen LogP contribution in [0.15, 0.2) is 97.6 Å². The normalized spacial score (nSPS) is 11.7. The molecule has 0 aliphatic carbocycles. The van der Waals surface area contributed by atoms with Crippen molar-refractivity contribution in [1.82, 2.24) is 30.1 Å². The third-order valence-corrected chi connectivity index (χ3v) is 8.54. The summed E-state index contributed by atoms with van der Waals surface area (Å²) in [5.41, 5.74) is 7.02. The van der Waals surface area contributed by atoms with Gasteiger partial charge < -0.3 is 10.3 Å². The highest BCUT2D eigenvalue weighted by atomic mass is 32.2. The van der Waals surface area contributed by atoms with E-state index in [0.717, 1.165) is 27.5 Å². The summed E-state index contributed by atoms with van der Waals surface area (Å²) in [6, 6.07) is 21.0. The van der Waals surface area contributed by atoms with Gasteiger partial charge in [0.2, 0.25) is 0 Å². The zero-order chi connectivity index (χ0) is 31.8. The lowest BCUT2D eigenvalue weighted by atomic mass is 10.00. The fourth-order valence-corrected chi connectivity index (χ4v) is 5.99. The van der Waals surface area contributed by atoms with E-state index in [1.54, 1.807) is 61.2 Å². The monoisotopic (exact) mass is 631 g/mol. The molecule has 0 unspecified atom stereocenters. The minimum absolute atomic E-state index is 0.0686. The molecule has 0 fully saturated rings. The van der Waals surface area contributed by atoms with Crippen LogP contribution in [0.3, 0.4) is 0 Å². The highest BCUT2D eigenvalue weighted by molar-refractivity contribution is 7.90. The molecule has 3 N–H and O–H groups in total. The van der Waals surface area contributed by atoms with Crippen LogP contribution in [0.1, 0.15) is 15.9 Å². The quantitative estimate of drug-likeness (QED) is 0.181. The zero-order valence-electron chi connectivity index (χ0n) is 24.5. The number of carbonyl (C=O) groups excluding carboxylic acids is 1. The molecule has 2 aromatic carbocycles. The van der Waals surface area contributed by atoms with Crippen molar-refractivity contribution < 1.29 is 17.6 Å². The number of carbonyl (C=O) groups is 1. The van der Waals surface area contributed by atoms with Crippen molar-refractivity contribution in [2.75, 3.05) is 17.3 Å². The van der Waals surface area contributed by atoms with Crippen molar-refractivity contribution in [2.24, 2.45) is 0 Å². The van der Waals surface area contributed by atoms with Crippen LogP contribution in [0.4, 0.5) is 10.1 Å². The van der Waals surface area contributed by atoms with Crippen LogP contribution in [0.2, 0.25) is 0 Å². The van der Waals surface area contributed by atoms with E-state index in [2.05, 4.69) is 35.5 Å². The zero-order valence-corrected chi connectivity index (χ0v) is 25.3. The number of hydrogen-bond donors (Lipinski definition) is 3. The average Bonchev–Trinajstić information content (AvgIpc) is 3.68. The number of amides is 1. The van der Waals surface area contributed by atoms with E-state index < -0.39 is 15.7 Å². The van der Waals surface area contributed by atoms with Gasteiger partial charge in [0.25, 0.3) is 5.91 Å². The summed E-state index contributed by atoms with van der Waals surface area (Å²) < 4.78 is 38.0. The molecule has 228 valence electrons. The fourth-order valence-electron chi connectivity index (χ4n) is 5.39. The van der Waals surface area contributed by atoms with Crippen molar-refractivity contribution in [1.29, 1.82) is 0 Å².